The molecule has 1 aliphatic rings. The van der Waals surface area contributed by atoms with Gasteiger partial charge >= 0.3 is 6.36 Å². The number of nitrogens with two attached hydrogens (primary N) is 1. The third-order valence-corrected chi connectivity index (χ3v) is 6.00. The summed E-state index contributed by atoms with van der Waals surface area (Å²) in [6.07, 6.45) is -1.81. The molecule has 1 aromatic carbocycles. The Morgan fingerprint density at radius 2 is 2.03 bits per heavy atom. The monoisotopic (exact) mass is 421 g/mol. The van der Waals surface area contributed by atoms with Crippen molar-refractivity contribution >= 4 is 38.8 Å². The number of hydrogen-bond acceptors (Lipinski definition) is 5. The van der Waals surface area contributed by atoms with Gasteiger partial charge in [-0.15, -0.1) is 24.5 Å². The van der Waals surface area contributed by atoms with E-state index in [1.807, 2.05) is 6.07 Å². The van der Waals surface area contributed by atoms with Crippen LogP contribution in [0.1, 0.15) is 34.3 Å². The molecule has 1 amide bonds. The number of alkyl halides is 3. The lowest BCUT2D eigenvalue weighted by Crippen LogP contribution is -2.17. The predicted octanol–water partition coefficient (Wildman–Crippen LogP) is 5.15. The van der Waals surface area contributed by atoms with Crippen LogP contribution in [-0.2, 0) is 12.8 Å². The molecule has 0 spiro atoms. The first-order valence-electron chi connectivity index (χ1n) is 9.07. The van der Waals surface area contributed by atoms with Crippen molar-refractivity contribution in [1.82, 2.24) is 4.98 Å². The lowest BCUT2D eigenvalue weighted by molar-refractivity contribution is -0.274. The molecule has 3 N–H and O–H groups in total. The van der Waals surface area contributed by atoms with E-state index in [1.165, 1.54) is 29.0 Å². The summed E-state index contributed by atoms with van der Waals surface area (Å²) in [5.74, 6) is -0.198. The van der Waals surface area contributed by atoms with Gasteiger partial charge in [0.1, 0.15) is 15.5 Å². The topological polar surface area (TPSA) is 77.2 Å². The Bertz CT molecular complexity index is 1080. The number of carbonyl (C=O) groups excluding carboxylic acids is 1. The van der Waals surface area contributed by atoms with E-state index in [1.54, 1.807) is 0 Å². The Hall–Kier alpha value is -2.81. The van der Waals surface area contributed by atoms with E-state index in [0.717, 1.165) is 47.3 Å². The van der Waals surface area contributed by atoms with Crippen molar-refractivity contribution in [3.05, 3.63) is 46.5 Å². The van der Waals surface area contributed by atoms with Gasteiger partial charge in [0.05, 0.1) is 5.69 Å². The Labute approximate surface area is 168 Å². The van der Waals surface area contributed by atoms with Gasteiger partial charge in [0, 0.05) is 16.8 Å². The van der Waals surface area contributed by atoms with E-state index in [4.69, 9.17) is 10.7 Å². The molecule has 9 heteroatoms. The number of pyridine rings is 1. The number of hydrogen-bond donors (Lipinski definition) is 2. The number of benzene rings is 1. The molecule has 0 bridgehead atoms. The second-order valence-electron chi connectivity index (χ2n) is 7.17. The number of aryl methyl sites for hydroxylation is 1. The standard InChI is InChI=1S/C20H18F3N3O2S/c1-10-2-7-15-11(8-10)9-14-16(24)17(29-19(14)26-15)18(27)25-12-3-5-13(6-4-12)28-20(21,22)23/h3-6,9-10H,2,7-8,24H2,1H3,(H,25,27)/t10-/m1/s1. The van der Waals surface area contributed by atoms with E-state index in [0.29, 0.717) is 22.2 Å². The van der Waals surface area contributed by atoms with E-state index < -0.39 is 12.3 Å². The number of nitrogens with zero attached hydrogens (tertiary/aromatic N) is 1. The number of fused-ring (bicyclic) bond motifs is 2. The summed E-state index contributed by atoms with van der Waals surface area (Å²) in [7, 11) is 0. The van der Waals surface area contributed by atoms with Crippen molar-refractivity contribution in [2.45, 2.75) is 32.5 Å². The van der Waals surface area contributed by atoms with Crippen LogP contribution in [0, 0.1) is 5.92 Å². The molecule has 4 rings (SSSR count). The largest absolute Gasteiger partial charge is 0.573 e. The van der Waals surface area contributed by atoms with Crippen LogP contribution in [0.5, 0.6) is 5.75 Å². The fourth-order valence-electron chi connectivity index (χ4n) is 3.47. The lowest BCUT2D eigenvalue weighted by Gasteiger charge is -2.20. The molecular weight excluding hydrogens is 403 g/mol. The van der Waals surface area contributed by atoms with Gasteiger partial charge in [-0.1, -0.05) is 6.92 Å². The van der Waals surface area contributed by atoms with Crippen molar-refractivity contribution in [1.29, 1.82) is 0 Å². The van der Waals surface area contributed by atoms with Crippen LogP contribution < -0.4 is 15.8 Å². The molecule has 0 unspecified atom stereocenters. The third kappa shape index (κ3) is 4.14. The third-order valence-electron chi connectivity index (χ3n) is 4.88. The Morgan fingerprint density at radius 1 is 1.31 bits per heavy atom. The summed E-state index contributed by atoms with van der Waals surface area (Å²) in [4.78, 5) is 18.4. The van der Waals surface area contributed by atoms with Gasteiger partial charge in [-0.3, -0.25) is 4.79 Å². The number of nitrogens with one attached hydrogen (secondary N) is 1. The lowest BCUT2D eigenvalue weighted by atomic mass is 9.87. The van der Waals surface area contributed by atoms with E-state index >= 15 is 0 Å². The maximum absolute atomic E-state index is 12.7. The van der Waals surface area contributed by atoms with Crippen LogP contribution in [0.2, 0.25) is 0 Å². The summed E-state index contributed by atoms with van der Waals surface area (Å²) >= 11 is 1.21. The first-order valence-corrected chi connectivity index (χ1v) is 9.89. The highest BCUT2D eigenvalue weighted by Crippen LogP contribution is 2.36. The summed E-state index contributed by atoms with van der Waals surface area (Å²) in [5, 5.41) is 3.42. The van der Waals surface area contributed by atoms with Crippen molar-refractivity contribution in [2.24, 2.45) is 5.92 Å². The number of halogens is 3. The number of thiophene rings is 1. The van der Waals surface area contributed by atoms with Gasteiger partial charge < -0.3 is 15.8 Å². The second kappa shape index (κ2) is 7.22. The SMILES string of the molecule is C[C@@H]1CCc2nc3sc(C(=O)Nc4ccc(OC(F)(F)F)cc4)c(N)c3cc2C1. The average Bonchev–Trinajstić information content (AvgIpc) is 2.96. The van der Waals surface area contributed by atoms with Gasteiger partial charge in [0.2, 0.25) is 0 Å². The molecule has 2 heterocycles. The van der Waals surface area contributed by atoms with E-state index in [9.17, 15) is 18.0 Å². The maximum atomic E-state index is 12.7. The highest BCUT2D eigenvalue weighted by molar-refractivity contribution is 7.21. The maximum Gasteiger partial charge on any atom is 0.573 e. The summed E-state index contributed by atoms with van der Waals surface area (Å²) in [6, 6.07) is 6.96. The smallest absolute Gasteiger partial charge is 0.406 e. The number of rotatable bonds is 3. The normalized spacial score (nSPS) is 16.5. The molecule has 152 valence electrons. The summed E-state index contributed by atoms with van der Waals surface area (Å²) in [5.41, 5.74) is 9.16. The fourth-order valence-corrected chi connectivity index (χ4v) is 4.46. The van der Waals surface area contributed by atoms with Gasteiger partial charge in [0.15, 0.2) is 0 Å². The zero-order valence-electron chi connectivity index (χ0n) is 15.5. The molecule has 3 aromatic rings. The van der Waals surface area contributed by atoms with E-state index in [2.05, 4.69) is 17.0 Å². The molecule has 29 heavy (non-hydrogen) atoms. The number of anilines is 2. The van der Waals surface area contributed by atoms with Crippen LogP contribution >= 0.6 is 11.3 Å². The minimum Gasteiger partial charge on any atom is -0.406 e. The summed E-state index contributed by atoms with van der Waals surface area (Å²) in [6.45, 7) is 2.20. The Balaban J connectivity index is 1.56. The molecular formula is C20H18F3N3O2S. The van der Waals surface area contributed by atoms with Gasteiger partial charge in [0.25, 0.3) is 5.91 Å². The van der Waals surface area contributed by atoms with Gasteiger partial charge in [-0.05, 0) is 61.1 Å². The van der Waals surface area contributed by atoms with Crippen molar-refractivity contribution in [2.75, 3.05) is 11.1 Å². The van der Waals surface area contributed by atoms with Crippen LogP contribution in [0.4, 0.5) is 24.5 Å². The number of ether oxygens (including phenoxy) is 1. The van der Waals surface area contributed by atoms with Gasteiger partial charge in [-0.2, -0.15) is 0 Å². The predicted molar refractivity (Wildman–Crippen MR) is 106 cm³/mol. The molecule has 1 atom stereocenters. The Kier molecular flexibility index (Phi) is 4.85. The minimum atomic E-state index is -4.76. The molecule has 0 saturated carbocycles. The van der Waals surface area contributed by atoms with Gasteiger partial charge in [-0.25, -0.2) is 4.98 Å². The molecule has 0 radical (unpaired) electrons. The highest BCUT2D eigenvalue weighted by atomic mass is 32.1. The molecule has 0 saturated heterocycles. The molecule has 2 aromatic heterocycles. The number of carbonyl (C=O) groups is 1. The fraction of sp³-hybridized carbons (Fsp3) is 0.300. The quantitative estimate of drug-likeness (QED) is 0.613. The van der Waals surface area contributed by atoms with Crippen molar-refractivity contribution in [3.8, 4) is 5.75 Å². The Morgan fingerprint density at radius 3 is 2.72 bits per heavy atom. The first-order chi connectivity index (χ1) is 13.7. The number of nitrogen functional groups attached to an aromatic ring is 1. The minimum absolute atomic E-state index is 0.332. The molecule has 1 aliphatic carbocycles. The second-order valence-corrected chi connectivity index (χ2v) is 8.17. The van der Waals surface area contributed by atoms with Crippen LogP contribution in [0.3, 0.4) is 0 Å². The zero-order valence-corrected chi connectivity index (χ0v) is 16.3. The molecule has 0 aliphatic heterocycles. The number of amides is 1. The highest BCUT2D eigenvalue weighted by Gasteiger charge is 2.31. The summed E-state index contributed by atoms with van der Waals surface area (Å²) < 4.78 is 40.5. The number of aromatic nitrogens is 1. The first kappa shape index (κ1) is 19.5. The van der Waals surface area contributed by atoms with E-state index in [-0.39, 0.29) is 5.75 Å². The van der Waals surface area contributed by atoms with Crippen LogP contribution in [-0.4, -0.2) is 17.3 Å². The average molecular weight is 421 g/mol. The van der Waals surface area contributed by atoms with Crippen molar-refractivity contribution < 1.29 is 22.7 Å². The van der Waals surface area contributed by atoms with Crippen LogP contribution in [0.25, 0.3) is 10.2 Å². The zero-order chi connectivity index (χ0) is 20.8. The van der Waals surface area contributed by atoms with Crippen molar-refractivity contribution in [3.63, 3.8) is 0 Å². The molecule has 5 nitrogen and oxygen atoms in total. The molecule has 0 fully saturated rings. The van der Waals surface area contributed by atoms with Crippen LogP contribution in [0.15, 0.2) is 30.3 Å².